The Balaban J connectivity index is 1.74. The molecule has 0 radical (unpaired) electrons. The zero-order valence-electron chi connectivity index (χ0n) is 14.1. The molecule has 0 aliphatic rings. The molecule has 6 heteroatoms. The molecule has 3 aromatic rings. The number of pyridine rings is 1. The fourth-order valence-corrected chi connectivity index (χ4v) is 2.52. The van der Waals surface area contributed by atoms with Gasteiger partial charge in [0.15, 0.2) is 0 Å². The Morgan fingerprint density at radius 3 is 2.58 bits per heavy atom. The third-order valence-electron chi connectivity index (χ3n) is 3.80. The van der Waals surface area contributed by atoms with E-state index in [2.05, 4.69) is 10.3 Å². The van der Waals surface area contributed by atoms with Gasteiger partial charge in [-0.2, -0.15) is 0 Å². The van der Waals surface area contributed by atoms with Gasteiger partial charge in [0.1, 0.15) is 11.6 Å². The van der Waals surface area contributed by atoms with Gasteiger partial charge in [-0.15, -0.1) is 0 Å². The van der Waals surface area contributed by atoms with Gasteiger partial charge in [-0.1, -0.05) is 30.3 Å². The largest absolute Gasteiger partial charge is 0.352 e. The molecule has 1 N–H and O–H groups in total. The van der Waals surface area contributed by atoms with Crippen LogP contribution in [0.1, 0.15) is 15.9 Å². The van der Waals surface area contributed by atoms with Gasteiger partial charge < -0.3 is 10.2 Å². The zero-order valence-corrected chi connectivity index (χ0v) is 14.1. The first-order chi connectivity index (χ1) is 12.5. The van der Waals surface area contributed by atoms with E-state index in [4.69, 9.17) is 0 Å². The average molecular weight is 353 g/mol. The van der Waals surface area contributed by atoms with Gasteiger partial charge in [-0.05, 0) is 23.8 Å². The van der Waals surface area contributed by atoms with Crippen LogP contribution in [-0.2, 0) is 6.54 Å². The van der Waals surface area contributed by atoms with Crippen molar-refractivity contribution >= 4 is 17.3 Å². The third-order valence-corrected chi connectivity index (χ3v) is 3.80. The number of aromatic nitrogens is 1. The molecule has 1 amide bonds. The van der Waals surface area contributed by atoms with E-state index in [1.54, 1.807) is 18.0 Å². The van der Waals surface area contributed by atoms with Crippen LogP contribution < -0.4 is 5.32 Å². The van der Waals surface area contributed by atoms with Gasteiger partial charge in [-0.3, -0.25) is 9.78 Å². The minimum Gasteiger partial charge on any atom is -0.352 e. The smallest absolute Gasteiger partial charge is 0.255 e. The first kappa shape index (κ1) is 17.5. The number of carbonyl (C=O) groups excluding carboxylic acids is 1. The standard InChI is InChI=1S/C20H17F2N3O/c1-25(13-14-5-3-2-4-6-14)20(26)15-9-17(12-23-11-15)24-19-8-7-16(21)10-18(19)22/h2-12,24H,13H2,1H3. The van der Waals surface area contributed by atoms with Gasteiger partial charge in [0.2, 0.25) is 0 Å². The van der Waals surface area contributed by atoms with E-state index in [1.807, 2.05) is 30.3 Å². The van der Waals surface area contributed by atoms with E-state index >= 15 is 0 Å². The van der Waals surface area contributed by atoms with Gasteiger partial charge in [0.05, 0.1) is 23.1 Å². The minimum absolute atomic E-state index is 0.107. The average Bonchev–Trinajstić information content (AvgIpc) is 2.64. The number of carbonyl (C=O) groups is 1. The first-order valence-electron chi connectivity index (χ1n) is 7.99. The molecule has 4 nitrogen and oxygen atoms in total. The van der Waals surface area contributed by atoms with Gasteiger partial charge >= 0.3 is 0 Å². The molecule has 0 bridgehead atoms. The van der Waals surface area contributed by atoms with Crippen LogP contribution in [0.3, 0.4) is 0 Å². The maximum atomic E-state index is 13.8. The zero-order chi connectivity index (χ0) is 18.5. The fourth-order valence-electron chi connectivity index (χ4n) is 2.52. The molecule has 0 saturated carbocycles. The molecule has 0 atom stereocenters. The summed E-state index contributed by atoms with van der Waals surface area (Å²) in [5.74, 6) is -1.58. The Kier molecular flexibility index (Phi) is 5.22. The maximum absolute atomic E-state index is 13.8. The van der Waals surface area contributed by atoms with Crippen LogP contribution >= 0.6 is 0 Å². The SMILES string of the molecule is CN(Cc1ccccc1)C(=O)c1cncc(Nc2ccc(F)cc2F)c1. The van der Waals surface area contributed by atoms with Crippen LogP contribution in [0.4, 0.5) is 20.2 Å². The van der Waals surface area contributed by atoms with Crippen LogP contribution in [-0.4, -0.2) is 22.8 Å². The Labute approximate surface area is 150 Å². The Morgan fingerprint density at radius 1 is 1.08 bits per heavy atom. The molecule has 0 spiro atoms. The molecule has 0 aliphatic carbocycles. The molecule has 2 aromatic carbocycles. The summed E-state index contributed by atoms with van der Waals surface area (Å²) in [5.41, 5.74) is 1.93. The van der Waals surface area contributed by atoms with Crippen molar-refractivity contribution < 1.29 is 13.6 Å². The summed E-state index contributed by atoms with van der Waals surface area (Å²) >= 11 is 0. The van der Waals surface area contributed by atoms with Crippen LogP contribution in [0.15, 0.2) is 67.0 Å². The molecule has 1 aromatic heterocycles. The Morgan fingerprint density at radius 2 is 1.85 bits per heavy atom. The number of nitrogens with one attached hydrogen (secondary N) is 1. The normalized spacial score (nSPS) is 10.4. The van der Waals surface area contributed by atoms with Crippen molar-refractivity contribution in [3.8, 4) is 0 Å². The predicted octanol–water partition coefficient (Wildman–Crippen LogP) is 4.38. The number of nitrogens with zero attached hydrogens (tertiary/aromatic N) is 2. The van der Waals surface area contributed by atoms with Gasteiger partial charge in [0, 0.05) is 25.9 Å². The summed E-state index contributed by atoms with van der Waals surface area (Å²) in [6.45, 7) is 0.462. The molecular weight excluding hydrogens is 336 g/mol. The van der Waals surface area contributed by atoms with Crippen molar-refractivity contribution in [1.82, 2.24) is 9.88 Å². The number of benzene rings is 2. The highest BCUT2D eigenvalue weighted by Crippen LogP contribution is 2.21. The summed E-state index contributed by atoms with van der Waals surface area (Å²) in [6.07, 6.45) is 2.92. The molecular formula is C20H17F2N3O. The minimum atomic E-state index is -0.720. The summed E-state index contributed by atoms with van der Waals surface area (Å²) in [6, 6.07) is 14.4. The fraction of sp³-hybridized carbons (Fsp3) is 0.100. The van der Waals surface area contributed by atoms with Gasteiger partial charge in [0.25, 0.3) is 5.91 Å². The number of hydrogen-bond acceptors (Lipinski definition) is 3. The molecule has 26 heavy (non-hydrogen) atoms. The number of rotatable bonds is 5. The molecule has 0 unspecified atom stereocenters. The topological polar surface area (TPSA) is 45.2 Å². The van der Waals surface area contributed by atoms with E-state index in [0.29, 0.717) is 17.8 Å². The molecule has 132 valence electrons. The highest BCUT2D eigenvalue weighted by atomic mass is 19.1. The second kappa shape index (κ2) is 7.74. The van der Waals surface area contributed by atoms with Crippen molar-refractivity contribution in [2.24, 2.45) is 0 Å². The number of amides is 1. The molecule has 3 rings (SSSR count). The lowest BCUT2D eigenvalue weighted by Crippen LogP contribution is -2.26. The lowest BCUT2D eigenvalue weighted by Gasteiger charge is -2.17. The van der Waals surface area contributed by atoms with Crippen molar-refractivity contribution in [1.29, 1.82) is 0 Å². The Hall–Kier alpha value is -3.28. The van der Waals surface area contributed by atoms with E-state index in [0.717, 1.165) is 17.7 Å². The highest BCUT2D eigenvalue weighted by molar-refractivity contribution is 5.94. The lowest BCUT2D eigenvalue weighted by atomic mass is 10.2. The van der Waals surface area contributed by atoms with Crippen molar-refractivity contribution in [3.05, 3.63) is 89.8 Å². The number of halogens is 2. The highest BCUT2D eigenvalue weighted by Gasteiger charge is 2.13. The van der Waals surface area contributed by atoms with E-state index < -0.39 is 11.6 Å². The number of hydrogen-bond donors (Lipinski definition) is 1. The van der Waals surface area contributed by atoms with Crippen LogP contribution in [0.25, 0.3) is 0 Å². The molecule has 0 saturated heterocycles. The van der Waals surface area contributed by atoms with E-state index in [1.165, 1.54) is 18.5 Å². The van der Waals surface area contributed by atoms with E-state index in [9.17, 15) is 13.6 Å². The second-order valence-corrected chi connectivity index (χ2v) is 5.86. The lowest BCUT2D eigenvalue weighted by molar-refractivity contribution is 0.0784. The number of anilines is 2. The summed E-state index contributed by atoms with van der Waals surface area (Å²) in [4.78, 5) is 18.2. The quantitative estimate of drug-likeness (QED) is 0.741. The molecule has 1 heterocycles. The van der Waals surface area contributed by atoms with Crippen molar-refractivity contribution in [2.75, 3.05) is 12.4 Å². The maximum Gasteiger partial charge on any atom is 0.255 e. The van der Waals surface area contributed by atoms with Crippen LogP contribution in [0.2, 0.25) is 0 Å². The molecule has 0 fully saturated rings. The van der Waals surface area contributed by atoms with Gasteiger partial charge in [-0.25, -0.2) is 8.78 Å². The first-order valence-corrected chi connectivity index (χ1v) is 7.99. The predicted molar refractivity (Wildman–Crippen MR) is 96.1 cm³/mol. The summed E-state index contributed by atoms with van der Waals surface area (Å²) in [7, 11) is 1.70. The molecule has 0 aliphatic heterocycles. The second-order valence-electron chi connectivity index (χ2n) is 5.86. The third kappa shape index (κ3) is 4.22. The van der Waals surface area contributed by atoms with Crippen LogP contribution in [0.5, 0.6) is 0 Å². The van der Waals surface area contributed by atoms with E-state index in [-0.39, 0.29) is 11.6 Å². The monoisotopic (exact) mass is 353 g/mol. The Bertz CT molecular complexity index is 916. The summed E-state index contributed by atoms with van der Waals surface area (Å²) in [5, 5.41) is 2.81. The van der Waals surface area contributed by atoms with Crippen molar-refractivity contribution in [2.45, 2.75) is 6.54 Å². The summed E-state index contributed by atoms with van der Waals surface area (Å²) < 4.78 is 26.8. The van der Waals surface area contributed by atoms with Crippen molar-refractivity contribution in [3.63, 3.8) is 0 Å². The van der Waals surface area contributed by atoms with Crippen LogP contribution in [0, 0.1) is 11.6 Å².